The molecular formula is C39H46Cl2N4O12. The quantitative estimate of drug-likeness (QED) is 0.0377. The van der Waals surface area contributed by atoms with Crippen LogP contribution in [-0.2, 0) is 44.6 Å². The van der Waals surface area contributed by atoms with Gasteiger partial charge in [-0.1, -0.05) is 35.3 Å². The number of nitrogens with two attached hydrogens (primary N) is 1. The van der Waals surface area contributed by atoms with Crippen molar-refractivity contribution in [1.82, 2.24) is 10.6 Å². The molecule has 1 unspecified atom stereocenters. The Labute approximate surface area is 339 Å². The van der Waals surface area contributed by atoms with Crippen LogP contribution < -0.4 is 26.4 Å². The molecule has 0 fully saturated rings. The molecule has 0 radical (unpaired) electrons. The minimum atomic E-state index is -1.26. The highest BCUT2D eigenvalue weighted by molar-refractivity contribution is 6.35. The molecule has 7 N–H and O–H groups in total. The summed E-state index contributed by atoms with van der Waals surface area (Å²) in [4.78, 5) is 71.8. The molecule has 0 aliphatic heterocycles. The van der Waals surface area contributed by atoms with Gasteiger partial charge < -0.3 is 50.8 Å². The van der Waals surface area contributed by atoms with E-state index in [2.05, 4.69) is 16.0 Å². The zero-order valence-corrected chi connectivity index (χ0v) is 32.8. The van der Waals surface area contributed by atoms with Crippen LogP contribution >= 0.6 is 23.2 Å². The summed E-state index contributed by atoms with van der Waals surface area (Å²) in [6.45, 7) is 2.59. The number of halogens is 2. The van der Waals surface area contributed by atoms with Crippen molar-refractivity contribution in [3.8, 4) is 11.5 Å². The van der Waals surface area contributed by atoms with Crippen LogP contribution in [0, 0.1) is 0 Å². The summed E-state index contributed by atoms with van der Waals surface area (Å²) in [6, 6.07) is 12.9. The lowest BCUT2D eigenvalue weighted by molar-refractivity contribution is -0.138. The number of nitrogen functional groups attached to an aromatic ring is 1. The Kier molecular flexibility index (Phi) is 19.7. The number of ketones is 2. The van der Waals surface area contributed by atoms with Gasteiger partial charge in [-0.25, -0.2) is 0 Å². The molecule has 0 saturated carbocycles. The standard InChI is InChI=1S/C39H46Cl2N4O12/c1-24(46)16-30(47)7-4-25-2-5-29(6-3-25)44-35(48)8-9-54-10-11-55-12-13-56-14-15-57-31-18-26(17-28(42)21-31)39(53)43-23-36(49)45-34(22-37(50)51)32-19-27(40)20-33(41)38(32)52/h2-3,5-6,17-21,34,52H,4,7-16,22-23,42H2,1H3,(H,43,53)(H,44,48)(H,45,49)(H,50,51). The maximum Gasteiger partial charge on any atom is 0.305 e. The number of amides is 3. The van der Waals surface area contributed by atoms with E-state index in [9.17, 15) is 39.0 Å². The highest BCUT2D eigenvalue weighted by atomic mass is 35.5. The Hall–Kier alpha value is -5.26. The van der Waals surface area contributed by atoms with Gasteiger partial charge in [0.05, 0.1) is 76.5 Å². The summed E-state index contributed by atoms with van der Waals surface area (Å²) in [5.41, 5.74) is 7.85. The fourth-order valence-corrected chi connectivity index (χ4v) is 5.67. The Morgan fingerprint density at radius 2 is 1.46 bits per heavy atom. The number of carboxylic acid groups (broad SMARTS) is 1. The second-order valence-electron chi connectivity index (χ2n) is 12.6. The number of aromatic hydroxyl groups is 1. The molecule has 57 heavy (non-hydrogen) atoms. The maximum absolute atomic E-state index is 12.8. The van der Waals surface area contributed by atoms with Crippen LogP contribution in [-0.4, -0.2) is 98.3 Å². The lowest BCUT2D eigenvalue weighted by Gasteiger charge is -2.19. The zero-order valence-electron chi connectivity index (χ0n) is 31.3. The lowest BCUT2D eigenvalue weighted by Crippen LogP contribution is -2.39. The molecule has 0 saturated heterocycles. The molecular weight excluding hydrogens is 787 g/mol. The van der Waals surface area contributed by atoms with Gasteiger partial charge in [-0.2, -0.15) is 0 Å². The number of phenolic OH excluding ortho intramolecular Hbond substituents is 1. The van der Waals surface area contributed by atoms with Gasteiger partial charge in [0, 0.05) is 40.0 Å². The van der Waals surface area contributed by atoms with Crippen LogP contribution in [0.15, 0.2) is 54.6 Å². The highest BCUT2D eigenvalue weighted by Gasteiger charge is 2.23. The molecule has 0 spiro atoms. The summed E-state index contributed by atoms with van der Waals surface area (Å²) in [5, 5.41) is 27.3. The molecule has 0 aliphatic carbocycles. The van der Waals surface area contributed by atoms with E-state index < -0.39 is 42.5 Å². The summed E-state index contributed by atoms with van der Waals surface area (Å²) in [6.07, 6.45) is 0.342. The van der Waals surface area contributed by atoms with Crippen molar-refractivity contribution >= 4 is 69.8 Å². The SMILES string of the molecule is CC(=O)CC(=O)CCc1ccc(NC(=O)CCOCCOCCOCCOc2cc(N)cc(C(=O)NCC(=O)NC(CC(=O)O)c3cc(Cl)cc(Cl)c3O)c2)cc1. The van der Waals surface area contributed by atoms with Crippen molar-refractivity contribution in [2.75, 3.05) is 63.8 Å². The minimum Gasteiger partial charge on any atom is -0.506 e. The average Bonchev–Trinajstić information content (AvgIpc) is 3.14. The van der Waals surface area contributed by atoms with E-state index in [1.165, 1.54) is 37.3 Å². The van der Waals surface area contributed by atoms with E-state index >= 15 is 0 Å². The molecule has 0 heterocycles. The minimum absolute atomic E-state index is 0.00227. The Bertz CT molecular complexity index is 1860. The van der Waals surface area contributed by atoms with Crippen molar-refractivity contribution < 1.29 is 57.9 Å². The second-order valence-corrected chi connectivity index (χ2v) is 13.5. The number of nitrogens with one attached hydrogen (secondary N) is 3. The van der Waals surface area contributed by atoms with Crippen LogP contribution in [0.4, 0.5) is 11.4 Å². The second kappa shape index (κ2) is 24.4. The highest BCUT2D eigenvalue weighted by Crippen LogP contribution is 2.36. The van der Waals surface area contributed by atoms with Crippen molar-refractivity contribution in [1.29, 1.82) is 0 Å². The van der Waals surface area contributed by atoms with Crippen molar-refractivity contribution in [3.05, 3.63) is 81.3 Å². The largest absolute Gasteiger partial charge is 0.506 e. The van der Waals surface area contributed by atoms with Crippen LogP contribution in [0.25, 0.3) is 0 Å². The molecule has 0 aliphatic rings. The van der Waals surface area contributed by atoms with E-state index in [4.69, 9.17) is 47.9 Å². The first-order chi connectivity index (χ1) is 27.2. The number of aliphatic carboxylic acids is 1. The topological polar surface area (TPSA) is 242 Å². The fourth-order valence-electron chi connectivity index (χ4n) is 5.16. The van der Waals surface area contributed by atoms with Gasteiger partial charge >= 0.3 is 5.97 Å². The number of carbonyl (C=O) groups excluding carboxylic acids is 5. The predicted molar refractivity (Wildman–Crippen MR) is 211 cm³/mol. The number of carbonyl (C=O) groups is 6. The fraction of sp³-hybridized carbons (Fsp3) is 0.385. The lowest BCUT2D eigenvalue weighted by atomic mass is 10.0. The molecule has 18 heteroatoms. The van der Waals surface area contributed by atoms with Crippen molar-refractivity contribution in [2.24, 2.45) is 0 Å². The molecule has 1 atom stereocenters. The Morgan fingerprint density at radius 1 is 0.807 bits per heavy atom. The van der Waals surface area contributed by atoms with Gasteiger partial charge in [0.1, 0.15) is 29.7 Å². The van der Waals surface area contributed by atoms with Crippen LogP contribution in [0.1, 0.15) is 60.1 Å². The summed E-state index contributed by atoms with van der Waals surface area (Å²) >= 11 is 11.9. The summed E-state index contributed by atoms with van der Waals surface area (Å²) in [5.74, 6) is -3.24. The molecule has 0 aromatic heterocycles. The molecule has 0 bridgehead atoms. The number of carboxylic acids is 1. The molecule has 3 aromatic rings. The smallest absolute Gasteiger partial charge is 0.305 e. The van der Waals surface area contributed by atoms with E-state index in [0.29, 0.717) is 31.7 Å². The van der Waals surface area contributed by atoms with Gasteiger partial charge in [-0.15, -0.1) is 0 Å². The number of Topliss-reactive ketones (excluding diaryl/α,β-unsaturated/α-hetero) is 2. The average molecular weight is 834 g/mol. The number of hydrogen-bond donors (Lipinski definition) is 6. The number of phenols is 1. The summed E-state index contributed by atoms with van der Waals surface area (Å²) < 4.78 is 22.1. The van der Waals surface area contributed by atoms with Gasteiger partial charge in [0.25, 0.3) is 5.91 Å². The molecule has 16 nitrogen and oxygen atoms in total. The molecule has 3 aromatic carbocycles. The van der Waals surface area contributed by atoms with E-state index in [-0.39, 0.29) is 96.0 Å². The number of anilines is 2. The first-order valence-corrected chi connectivity index (χ1v) is 18.6. The van der Waals surface area contributed by atoms with E-state index in [1.807, 2.05) is 12.1 Å². The first kappa shape index (κ1) is 46.1. The molecule has 3 amide bonds. The van der Waals surface area contributed by atoms with Gasteiger partial charge in [0.15, 0.2) is 0 Å². The number of ether oxygens (including phenoxy) is 4. The van der Waals surface area contributed by atoms with Gasteiger partial charge in [0.2, 0.25) is 11.8 Å². The van der Waals surface area contributed by atoms with Crippen LogP contribution in [0.2, 0.25) is 10.0 Å². The van der Waals surface area contributed by atoms with Gasteiger partial charge in [-0.3, -0.25) is 28.8 Å². The third-order valence-corrected chi connectivity index (χ3v) is 8.34. The number of rotatable bonds is 26. The first-order valence-electron chi connectivity index (χ1n) is 17.8. The Balaban J connectivity index is 1.25. The Morgan fingerprint density at radius 3 is 2.11 bits per heavy atom. The number of hydrogen-bond acceptors (Lipinski definition) is 12. The third kappa shape index (κ3) is 18.0. The number of benzene rings is 3. The monoisotopic (exact) mass is 832 g/mol. The maximum atomic E-state index is 12.8. The van der Waals surface area contributed by atoms with Crippen LogP contribution in [0.3, 0.4) is 0 Å². The zero-order chi connectivity index (χ0) is 41.7. The van der Waals surface area contributed by atoms with Gasteiger partial charge in [-0.05, 0) is 55.3 Å². The molecule has 308 valence electrons. The third-order valence-electron chi connectivity index (χ3n) is 7.84. The summed E-state index contributed by atoms with van der Waals surface area (Å²) in [7, 11) is 0. The van der Waals surface area contributed by atoms with E-state index in [0.717, 1.165) is 5.56 Å². The predicted octanol–water partition coefficient (Wildman–Crippen LogP) is 4.28. The molecule has 3 rings (SSSR count). The van der Waals surface area contributed by atoms with E-state index in [1.54, 1.807) is 12.1 Å². The van der Waals surface area contributed by atoms with Crippen molar-refractivity contribution in [2.45, 2.75) is 45.1 Å². The van der Waals surface area contributed by atoms with Crippen LogP contribution in [0.5, 0.6) is 11.5 Å². The van der Waals surface area contributed by atoms with Crippen molar-refractivity contribution in [3.63, 3.8) is 0 Å². The normalized spacial score (nSPS) is 11.4. The number of aryl methyl sites for hydroxylation is 1.